The lowest BCUT2D eigenvalue weighted by atomic mass is 10.1. The lowest BCUT2D eigenvalue weighted by molar-refractivity contribution is -0.113. The monoisotopic (exact) mass is 464 g/mol. The predicted molar refractivity (Wildman–Crippen MR) is 122 cm³/mol. The van der Waals surface area contributed by atoms with Gasteiger partial charge in [-0.15, -0.1) is 10.2 Å². The number of halogens is 2. The average molecular weight is 465 g/mol. The largest absolute Gasteiger partial charge is 0.497 e. The van der Waals surface area contributed by atoms with E-state index in [1.807, 2.05) is 23.7 Å². The molecule has 30 heavy (non-hydrogen) atoms. The van der Waals surface area contributed by atoms with Crippen molar-refractivity contribution in [3.63, 3.8) is 0 Å². The number of aromatic nitrogens is 3. The predicted octanol–water partition coefficient (Wildman–Crippen LogP) is 5.04. The minimum atomic E-state index is -0.164. The zero-order valence-electron chi connectivity index (χ0n) is 16.7. The lowest BCUT2D eigenvalue weighted by Gasteiger charge is -2.07. The van der Waals surface area contributed by atoms with Gasteiger partial charge >= 0.3 is 0 Å². The van der Waals surface area contributed by atoms with E-state index in [1.54, 1.807) is 25.3 Å². The van der Waals surface area contributed by atoms with Crippen LogP contribution in [0.1, 0.15) is 17.8 Å². The van der Waals surface area contributed by atoms with Gasteiger partial charge in [0.05, 0.1) is 12.9 Å². The highest BCUT2D eigenvalue weighted by Gasteiger charge is 2.12. The first-order valence-electron chi connectivity index (χ1n) is 9.34. The Morgan fingerprint density at radius 3 is 2.47 bits per heavy atom. The fourth-order valence-electron chi connectivity index (χ4n) is 2.88. The lowest BCUT2D eigenvalue weighted by Crippen LogP contribution is -2.14. The molecule has 0 saturated carbocycles. The maximum absolute atomic E-state index is 12.2. The van der Waals surface area contributed by atoms with Gasteiger partial charge in [-0.25, -0.2) is 0 Å². The van der Waals surface area contributed by atoms with Gasteiger partial charge in [-0.3, -0.25) is 4.79 Å². The molecular weight excluding hydrogens is 443 g/mol. The van der Waals surface area contributed by atoms with Crippen molar-refractivity contribution in [2.75, 3.05) is 18.2 Å². The van der Waals surface area contributed by atoms with Gasteiger partial charge in [0, 0.05) is 29.2 Å². The maximum Gasteiger partial charge on any atom is 0.234 e. The van der Waals surface area contributed by atoms with E-state index in [-0.39, 0.29) is 11.7 Å². The number of carbonyl (C=O) groups is 1. The molecule has 2 aromatic carbocycles. The summed E-state index contributed by atoms with van der Waals surface area (Å²) in [6.07, 6.45) is 2.71. The molecular formula is C21H22Cl2N4O2S. The molecule has 0 aliphatic rings. The van der Waals surface area contributed by atoms with Crippen molar-refractivity contribution in [1.82, 2.24) is 14.8 Å². The maximum atomic E-state index is 12.2. The van der Waals surface area contributed by atoms with E-state index >= 15 is 0 Å². The first kappa shape index (κ1) is 22.5. The van der Waals surface area contributed by atoms with E-state index in [0.29, 0.717) is 20.9 Å². The number of ether oxygens (including phenoxy) is 1. The van der Waals surface area contributed by atoms with Crippen LogP contribution < -0.4 is 10.1 Å². The van der Waals surface area contributed by atoms with Crippen LogP contribution in [0.15, 0.2) is 47.6 Å². The number of carbonyl (C=O) groups excluding carboxylic acids is 1. The number of thioether (sulfide) groups is 1. The Balaban J connectivity index is 1.47. The third-order valence-electron chi connectivity index (χ3n) is 4.43. The molecule has 0 unspecified atom stereocenters. The molecule has 9 heteroatoms. The van der Waals surface area contributed by atoms with Crippen molar-refractivity contribution in [3.05, 3.63) is 63.9 Å². The van der Waals surface area contributed by atoms with Gasteiger partial charge in [0.1, 0.15) is 11.6 Å². The second-order valence-corrected chi connectivity index (χ2v) is 8.47. The van der Waals surface area contributed by atoms with Crippen LogP contribution in [0.4, 0.5) is 5.69 Å². The van der Waals surface area contributed by atoms with Crippen molar-refractivity contribution in [2.24, 2.45) is 7.05 Å². The van der Waals surface area contributed by atoms with Crippen LogP contribution in [-0.4, -0.2) is 33.5 Å². The normalized spacial score (nSPS) is 10.8. The van der Waals surface area contributed by atoms with Gasteiger partial charge in [0.25, 0.3) is 0 Å². The van der Waals surface area contributed by atoms with Crippen molar-refractivity contribution in [3.8, 4) is 5.75 Å². The van der Waals surface area contributed by atoms with Crippen LogP contribution in [0.25, 0.3) is 0 Å². The minimum Gasteiger partial charge on any atom is -0.497 e. The van der Waals surface area contributed by atoms with Crippen LogP contribution in [0.2, 0.25) is 10.0 Å². The van der Waals surface area contributed by atoms with E-state index in [0.717, 1.165) is 30.8 Å². The molecule has 3 rings (SSSR count). The molecule has 3 aromatic rings. The first-order valence-corrected chi connectivity index (χ1v) is 11.1. The number of hydrogen-bond donors (Lipinski definition) is 1. The number of aryl methyl sites for hydroxylation is 2. The van der Waals surface area contributed by atoms with Crippen LogP contribution in [0, 0.1) is 0 Å². The van der Waals surface area contributed by atoms with E-state index in [2.05, 4.69) is 27.6 Å². The van der Waals surface area contributed by atoms with E-state index in [9.17, 15) is 4.79 Å². The summed E-state index contributed by atoms with van der Waals surface area (Å²) in [4.78, 5) is 12.2. The van der Waals surface area contributed by atoms with E-state index in [4.69, 9.17) is 27.9 Å². The van der Waals surface area contributed by atoms with Gasteiger partial charge in [-0.05, 0) is 48.7 Å². The Bertz CT molecular complexity index is 988. The summed E-state index contributed by atoms with van der Waals surface area (Å²) in [6.45, 7) is 0. The number of rotatable bonds is 9. The van der Waals surface area contributed by atoms with E-state index in [1.165, 1.54) is 17.3 Å². The number of nitrogens with one attached hydrogen (secondary N) is 1. The van der Waals surface area contributed by atoms with Crippen molar-refractivity contribution >= 4 is 46.6 Å². The Morgan fingerprint density at radius 1 is 1.10 bits per heavy atom. The number of methoxy groups -OCH3 is 1. The molecule has 6 nitrogen and oxygen atoms in total. The summed E-state index contributed by atoms with van der Waals surface area (Å²) in [6, 6.07) is 13.0. The third-order valence-corrected chi connectivity index (χ3v) is 5.89. The van der Waals surface area contributed by atoms with Crippen LogP contribution >= 0.6 is 35.0 Å². The molecule has 0 atom stereocenters. The summed E-state index contributed by atoms with van der Waals surface area (Å²) < 4.78 is 7.11. The molecule has 1 aromatic heterocycles. The van der Waals surface area contributed by atoms with Gasteiger partial charge in [-0.2, -0.15) is 0 Å². The second kappa shape index (κ2) is 10.7. The zero-order chi connectivity index (χ0) is 21.5. The number of nitrogens with zero attached hydrogens (tertiary/aromatic N) is 3. The van der Waals surface area contributed by atoms with Gasteiger partial charge < -0.3 is 14.6 Å². The molecule has 0 bridgehead atoms. The Morgan fingerprint density at radius 2 is 1.80 bits per heavy atom. The molecule has 0 aliphatic heterocycles. The first-order chi connectivity index (χ1) is 14.4. The third kappa shape index (κ3) is 6.39. The standard InChI is InChI=1S/C21H22Cl2N4O2S/c1-27-19(5-3-4-14-6-8-18(29-2)9-7-14)25-26-21(27)30-13-20(28)24-17-11-15(22)10-16(23)12-17/h6-12H,3-5,13H2,1-2H3,(H,24,28). The number of amides is 1. The molecule has 1 amide bonds. The molecule has 0 spiro atoms. The highest BCUT2D eigenvalue weighted by atomic mass is 35.5. The summed E-state index contributed by atoms with van der Waals surface area (Å²) >= 11 is 13.2. The molecule has 1 heterocycles. The number of benzene rings is 2. The summed E-state index contributed by atoms with van der Waals surface area (Å²) in [7, 11) is 3.58. The highest BCUT2D eigenvalue weighted by Crippen LogP contribution is 2.23. The topological polar surface area (TPSA) is 69.0 Å². The summed E-state index contributed by atoms with van der Waals surface area (Å²) in [5.74, 6) is 1.80. The molecule has 158 valence electrons. The Kier molecular flexibility index (Phi) is 8.01. The zero-order valence-corrected chi connectivity index (χ0v) is 19.0. The van der Waals surface area contributed by atoms with Crippen molar-refractivity contribution in [1.29, 1.82) is 0 Å². The second-order valence-electron chi connectivity index (χ2n) is 6.65. The van der Waals surface area contributed by atoms with Gasteiger partial charge in [0.2, 0.25) is 5.91 Å². The smallest absolute Gasteiger partial charge is 0.234 e. The SMILES string of the molecule is COc1ccc(CCCc2nnc(SCC(=O)Nc3cc(Cl)cc(Cl)c3)n2C)cc1. The molecule has 1 N–H and O–H groups in total. The van der Waals surface area contributed by atoms with E-state index < -0.39 is 0 Å². The summed E-state index contributed by atoms with van der Waals surface area (Å²) in [5.41, 5.74) is 1.82. The number of anilines is 1. The van der Waals surface area contributed by atoms with Gasteiger partial charge in [0.15, 0.2) is 5.16 Å². The molecule has 0 fully saturated rings. The fourth-order valence-corrected chi connectivity index (χ4v) is 4.14. The highest BCUT2D eigenvalue weighted by molar-refractivity contribution is 7.99. The Labute approximate surface area is 189 Å². The Hall–Kier alpha value is -2.22. The van der Waals surface area contributed by atoms with Crippen LogP contribution in [0.5, 0.6) is 5.75 Å². The van der Waals surface area contributed by atoms with Crippen molar-refractivity contribution in [2.45, 2.75) is 24.4 Å². The molecule has 0 radical (unpaired) electrons. The quantitative estimate of drug-likeness (QED) is 0.449. The average Bonchev–Trinajstić information content (AvgIpc) is 3.06. The van der Waals surface area contributed by atoms with Crippen LogP contribution in [-0.2, 0) is 24.7 Å². The fraction of sp³-hybridized carbons (Fsp3) is 0.286. The molecule has 0 aliphatic carbocycles. The van der Waals surface area contributed by atoms with Crippen molar-refractivity contribution < 1.29 is 9.53 Å². The minimum absolute atomic E-state index is 0.164. The van der Waals surface area contributed by atoms with Gasteiger partial charge in [-0.1, -0.05) is 47.1 Å². The number of hydrogen-bond acceptors (Lipinski definition) is 5. The summed E-state index contributed by atoms with van der Waals surface area (Å²) in [5, 5.41) is 12.9. The molecule has 0 saturated heterocycles. The van der Waals surface area contributed by atoms with Crippen LogP contribution in [0.3, 0.4) is 0 Å².